The third-order valence-corrected chi connectivity index (χ3v) is 7.57. The molecule has 166 valence electrons. The van der Waals surface area contributed by atoms with Crippen LogP contribution in [0, 0.1) is 17.6 Å². The van der Waals surface area contributed by atoms with Crippen molar-refractivity contribution in [1.82, 2.24) is 9.21 Å². The van der Waals surface area contributed by atoms with E-state index in [0.717, 1.165) is 29.3 Å². The fraction of sp³-hybridized carbons (Fsp3) is 0.600. The molecule has 7 nitrogen and oxygen atoms in total. The van der Waals surface area contributed by atoms with Crippen molar-refractivity contribution in [1.29, 1.82) is 0 Å². The Morgan fingerprint density at radius 3 is 2.47 bits per heavy atom. The van der Waals surface area contributed by atoms with Gasteiger partial charge in [0.05, 0.1) is 6.61 Å². The first-order valence-corrected chi connectivity index (χ1v) is 11.6. The van der Waals surface area contributed by atoms with E-state index in [-0.39, 0.29) is 38.4 Å². The second kappa shape index (κ2) is 9.38. The average Bonchev–Trinajstić information content (AvgIpc) is 2.75. The van der Waals surface area contributed by atoms with Gasteiger partial charge in [-0.05, 0) is 57.2 Å². The minimum Gasteiger partial charge on any atom is -0.464 e. The van der Waals surface area contributed by atoms with Crippen LogP contribution >= 0.6 is 0 Å². The molecule has 30 heavy (non-hydrogen) atoms. The van der Waals surface area contributed by atoms with Gasteiger partial charge in [0.25, 0.3) is 0 Å². The van der Waals surface area contributed by atoms with Crippen LogP contribution in [-0.4, -0.2) is 61.8 Å². The van der Waals surface area contributed by atoms with E-state index in [4.69, 9.17) is 4.74 Å². The molecule has 0 aromatic heterocycles. The molecule has 1 aromatic rings. The number of ether oxygens (including phenoxy) is 1. The fourth-order valence-electron chi connectivity index (χ4n) is 4.07. The van der Waals surface area contributed by atoms with Crippen LogP contribution in [-0.2, 0) is 24.3 Å². The van der Waals surface area contributed by atoms with Crippen LogP contribution in [0.4, 0.5) is 8.78 Å². The summed E-state index contributed by atoms with van der Waals surface area (Å²) in [6.45, 7) is 2.46. The Balaban J connectivity index is 1.68. The molecule has 0 saturated carbocycles. The highest BCUT2D eigenvalue weighted by molar-refractivity contribution is 7.89. The molecule has 0 radical (unpaired) electrons. The van der Waals surface area contributed by atoms with Crippen LogP contribution in [0.25, 0.3) is 0 Å². The number of sulfonamides is 1. The molecule has 1 unspecified atom stereocenters. The summed E-state index contributed by atoms with van der Waals surface area (Å²) >= 11 is 0. The second-order valence-electron chi connectivity index (χ2n) is 7.55. The SMILES string of the molecule is CCOC(=O)C1CCCCN1C(=O)C1CCN(S(=O)(=O)c2cc(F)ccc2F)CC1. The predicted octanol–water partition coefficient (Wildman–Crippen LogP) is 2.31. The lowest BCUT2D eigenvalue weighted by Crippen LogP contribution is -2.52. The Bertz CT molecular complexity index is 900. The third kappa shape index (κ3) is 4.64. The van der Waals surface area contributed by atoms with E-state index < -0.39 is 44.5 Å². The lowest BCUT2D eigenvalue weighted by molar-refractivity contribution is -0.158. The van der Waals surface area contributed by atoms with E-state index in [2.05, 4.69) is 0 Å². The van der Waals surface area contributed by atoms with E-state index >= 15 is 0 Å². The number of nitrogens with zero attached hydrogens (tertiary/aromatic N) is 2. The van der Waals surface area contributed by atoms with Gasteiger partial charge in [-0.3, -0.25) is 4.79 Å². The van der Waals surface area contributed by atoms with Crippen molar-refractivity contribution < 1.29 is 31.5 Å². The number of piperidine rings is 2. The molecular formula is C20H26F2N2O5S. The molecule has 0 bridgehead atoms. The van der Waals surface area contributed by atoms with E-state index in [1.807, 2.05) is 0 Å². The number of carbonyl (C=O) groups is 2. The summed E-state index contributed by atoms with van der Waals surface area (Å²) in [4.78, 5) is 26.1. The first-order chi connectivity index (χ1) is 14.3. The maximum Gasteiger partial charge on any atom is 0.328 e. The number of halogens is 2. The zero-order chi connectivity index (χ0) is 21.9. The highest BCUT2D eigenvalue weighted by atomic mass is 32.2. The molecule has 2 aliphatic rings. The van der Waals surface area contributed by atoms with Crippen molar-refractivity contribution >= 4 is 21.9 Å². The van der Waals surface area contributed by atoms with E-state index in [1.54, 1.807) is 11.8 Å². The minimum atomic E-state index is -4.20. The standard InChI is InChI=1S/C20H26F2N2O5S/c1-2-29-20(26)17-5-3-4-10-24(17)19(25)14-8-11-23(12-9-14)30(27,28)18-13-15(21)6-7-16(18)22/h6-7,13-14,17H,2-5,8-12H2,1H3. The van der Waals surface area contributed by atoms with Crippen molar-refractivity contribution in [3.63, 3.8) is 0 Å². The Morgan fingerprint density at radius 1 is 1.10 bits per heavy atom. The molecule has 1 atom stereocenters. The molecule has 2 aliphatic heterocycles. The summed E-state index contributed by atoms with van der Waals surface area (Å²) in [5.41, 5.74) is 0. The molecular weight excluding hydrogens is 418 g/mol. The van der Waals surface area contributed by atoms with Crippen LogP contribution in [0.1, 0.15) is 39.0 Å². The smallest absolute Gasteiger partial charge is 0.328 e. The number of hydrogen-bond acceptors (Lipinski definition) is 5. The van der Waals surface area contributed by atoms with Gasteiger partial charge in [0.2, 0.25) is 15.9 Å². The molecule has 1 amide bonds. The minimum absolute atomic E-state index is 0.0204. The largest absolute Gasteiger partial charge is 0.464 e. The van der Waals surface area contributed by atoms with Crippen LogP contribution in [0.3, 0.4) is 0 Å². The van der Waals surface area contributed by atoms with Crippen molar-refractivity contribution in [3.05, 3.63) is 29.8 Å². The van der Waals surface area contributed by atoms with Crippen LogP contribution in [0.15, 0.2) is 23.1 Å². The van der Waals surface area contributed by atoms with Crippen molar-refractivity contribution in [2.24, 2.45) is 5.92 Å². The van der Waals surface area contributed by atoms with Crippen LogP contribution in [0.5, 0.6) is 0 Å². The third-order valence-electron chi connectivity index (χ3n) is 5.66. The molecule has 1 aromatic carbocycles. The lowest BCUT2D eigenvalue weighted by atomic mass is 9.93. The van der Waals surface area contributed by atoms with Gasteiger partial charge in [0, 0.05) is 25.6 Å². The summed E-state index contributed by atoms with van der Waals surface area (Å²) in [6.07, 6.45) is 2.69. The first-order valence-electron chi connectivity index (χ1n) is 10.2. The summed E-state index contributed by atoms with van der Waals surface area (Å²) in [7, 11) is -4.20. The van der Waals surface area contributed by atoms with E-state index in [9.17, 15) is 26.8 Å². The molecule has 10 heteroatoms. The maximum absolute atomic E-state index is 14.0. The number of benzene rings is 1. The summed E-state index contributed by atoms with van der Waals surface area (Å²) in [5, 5.41) is 0. The Kier molecular flexibility index (Phi) is 7.07. The Hall–Kier alpha value is -2.07. The number of hydrogen-bond donors (Lipinski definition) is 0. The van der Waals surface area contributed by atoms with Gasteiger partial charge >= 0.3 is 5.97 Å². The van der Waals surface area contributed by atoms with Crippen molar-refractivity contribution in [2.45, 2.75) is 50.0 Å². The number of amides is 1. The Labute approximate surface area is 175 Å². The lowest BCUT2D eigenvalue weighted by Gasteiger charge is -2.38. The first kappa shape index (κ1) is 22.6. The summed E-state index contributed by atoms with van der Waals surface area (Å²) < 4.78 is 59.0. The van der Waals surface area contributed by atoms with E-state index in [1.165, 1.54) is 0 Å². The van der Waals surface area contributed by atoms with Crippen molar-refractivity contribution in [3.8, 4) is 0 Å². The Morgan fingerprint density at radius 2 is 1.80 bits per heavy atom. The van der Waals surface area contributed by atoms with Crippen LogP contribution < -0.4 is 0 Å². The monoisotopic (exact) mass is 444 g/mol. The quantitative estimate of drug-likeness (QED) is 0.651. The maximum atomic E-state index is 14.0. The molecule has 0 N–H and O–H groups in total. The molecule has 3 rings (SSSR count). The van der Waals surface area contributed by atoms with Gasteiger partial charge in [0.1, 0.15) is 22.6 Å². The summed E-state index contributed by atoms with van der Waals surface area (Å²) in [5.74, 6) is -2.87. The van der Waals surface area contributed by atoms with Crippen LogP contribution in [0.2, 0.25) is 0 Å². The zero-order valence-corrected chi connectivity index (χ0v) is 17.7. The van der Waals surface area contributed by atoms with E-state index in [0.29, 0.717) is 19.0 Å². The van der Waals surface area contributed by atoms with Gasteiger partial charge in [-0.1, -0.05) is 0 Å². The average molecular weight is 445 g/mol. The number of carbonyl (C=O) groups excluding carboxylic acids is 2. The second-order valence-corrected chi connectivity index (χ2v) is 9.45. The number of likely N-dealkylation sites (tertiary alicyclic amines) is 1. The number of rotatable bonds is 5. The highest BCUT2D eigenvalue weighted by Crippen LogP contribution is 2.29. The van der Waals surface area contributed by atoms with Crippen molar-refractivity contribution in [2.75, 3.05) is 26.2 Å². The molecule has 0 spiro atoms. The zero-order valence-electron chi connectivity index (χ0n) is 16.9. The topological polar surface area (TPSA) is 84.0 Å². The molecule has 2 saturated heterocycles. The molecule has 2 fully saturated rings. The fourth-order valence-corrected chi connectivity index (χ4v) is 5.62. The predicted molar refractivity (Wildman–Crippen MR) is 104 cm³/mol. The van der Waals surface area contributed by atoms with Gasteiger partial charge in [0.15, 0.2) is 0 Å². The number of esters is 1. The molecule has 0 aliphatic carbocycles. The van der Waals surface area contributed by atoms with Gasteiger partial charge in [-0.25, -0.2) is 22.0 Å². The van der Waals surface area contributed by atoms with Gasteiger partial charge < -0.3 is 9.64 Å². The normalized spacial score (nSPS) is 21.4. The molecule has 2 heterocycles. The van der Waals surface area contributed by atoms with Gasteiger partial charge in [-0.15, -0.1) is 0 Å². The summed E-state index contributed by atoms with van der Waals surface area (Å²) in [6, 6.07) is 1.70. The highest BCUT2D eigenvalue weighted by Gasteiger charge is 2.39. The van der Waals surface area contributed by atoms with Gasteiger partial charge in [-0.2, -0.15) is 4.31 Å².